The minimum absolute atomic E-state index is 0.0626. The molecule has 0 radical (unpaired) electrons. The highest BCUT2D eigenvalue weighted by molar-refractivity contribution is 5.71. The van der Waals surface area contributed by atoms with Gasteiger partial charge in [-0.2, -0.15) is 0 Å². The van der Waals surface area contributed by atoms with Gasteiger partial charge in [0.2, 0.25) is 0 Å². The zero-order valence-corrected chi connectivity index (χ0v) is 9.43. The van der Waals surface area contributed by atoms with E-state index in [2.05, 4.69) is 4.90 Å². The Balaban J connectivity index is 2.34. The Kier molecular flexibility index (Phi) is 2.73. The summed E-state index contributed by atoms with van der Waals surface area (Å²) in [7, 11) is 3.60. The van der Waals surface area contributed by atoms with E-state index in [0.29, 0.717) is 0 Å². The molecule has 1 N–H and O–H groups in total. The Morgan fingerprint density at radius 3 is 3.00 bits per heavy atom. The second-order valence-corrected chi connectivity index (χ2v) is 4.10. The van der Waals surface area contributed by atoms with Gasteiger partial charge in [0.05, 0.1) is 13.5 Å². The number of likely N-dealkylation sites (N-methyl/N-ethyl adjacent to an activating group) is 1. The highest BCUT2D eigenvalue weighted by Gasteiger charge is 2.28. The molecular weight excluding hydrogens is 206 g/mol. The highest BCUT2D eigenvalue weighted by atomic mass is 16.5. The minimum Gasteiger partial charge on any atom is -0.497 e. The molecule has 0 saturated heterocycles. The second-order valence-electron chi connectivity index (χ2n) is 4.10. The monoisotopic (exact) mass is 221 g/mol. The SMILES string of the molecule is COc1ccc2c(c1)C(CC(=O)O)CN2C. The number of aliphatic carboxylic acids is 1. The number of carboxylic acids is 1. The molecule has 0 aliphatic carbocycles. The highest BCUT2D eigenvalue weighted by Crippen LogP contribution is 2.39. The Morgan fingerprint density at radius 1 is 1.62 bits per heavy atom. The molecule has 1 aliphatic heterocycles. The van der Waals surface area contributed by atoms with Crippen LogP contribution in [0.2, 0.25) is 0 Å². The van der Waals surface area contributed by atoms with E-state index in [0.717, 1.165) is 23.5 Å². The van der Waals surface area contributed by atoms with Crippen LogP contribution in [-0.4, -0.2) is 31.8 Å². The van der Waals surface area contributed by atoms with Crippen molar-refractivity contribution in [1.29, 1.82) is 0 Å². The van der Waals surface area contributed by atoms with Crippen LogP contribution < -0.4 is 9.64 Å². The fraction of sp³-hybridized carbons (Fsp3) is 0.417. The maximum Gasteiger partial charge on any atom is 0.304 e. The summed E-state index contributed by atoms with van der Waals surface area (Å²) in [4.78, 5) is 12.9. The molecule has 2 rings (SSSR count). The molecule has 1 aliphatic rings. The van der Waals surface area contributed by atoms with Crippen molar-refractivity contribution >= 4 is 11.7 Å². The molecule has 0 saturated carbocycles. The summed E-state index contributed by atoms with van der Waals surface area (Å²) >= 11 is 0. The largest absolute Gasteiger partial charge is 0.497 e. The van der Waals surface area contributed by atoms with Crippen molar-refractivity contribution in [3.8, 4) is 5.75 Å². The van der Waals surface area contributed by atoms with Crippen LogP contribution in [0.25, 0.3) is 0 Å². The molecule has 1 unspecified atom stereocenters. The first-order valence-corrected chi connectivity index (χ1v) is 5.22. The van der Waals surface area contributed by atoms with Gasteiger partial charge in [0.25, 0.3) is 0 Å². The average molecular weight is 221 g/mol. The third kappa shape index (κ3) is 1.83. The Morgan fingerprint density at radius 2 is 2.38 bits per heavy atom. The lowest BCUT2D eigenvalue weighted by Gasteiger charge is -2.11. The summed E-state index contributed by atoms with van der Waals surface area (Å²) in [6, 6.07) is 5.82. The van der Waals surface area contributed by atoms with E-state index in [-0.39, 0.29) is 12.3 Å². The van der Waals surface area contributed by atoms with E-state index in [1.54, 1.807) is 7.11 Å². The van der Waals surface area contributed by atoms with Gasteiger partial charge in [-0.1, -0.05) is 0 Å². The molecule has 16 heavy (non-hydrogen) atoms. The van der Waals surface area contributed by atoms with Gasteiger partial charge in [-0.3, -0.25) is 4.79 Å². The van der Waals surface area contributed by atoms with E-state index >= 15 is 0 Å². The maximum absolute atomic E-state index is 10.8. The van der Waals surface area contributed by atoms with Crippen molar-refractivity contribution in [2.24, 2.45) is 0 Å². The van der Waals surface area contributed by atoms with Crippen molar-refractivity contribution in [2.75, 3.05) is 25.6 Å². The minimum atomic E-state index is -0.755. The fourth-order valence-electron chi connectivity index (χ4n) is 2.25. The first-order valence-electron chi connectivity index (χ1n) is 5.22. The van der Waals surface area contributed by atoms with Gasteiger partial charge < -0.3 is 14.7 Å². The molecule has 1 aromatic rings. The van der Waals surface area contributed by atoms with Crippen LogP contribution >= 0.6 is 0 Å². The quantitative estimate of drug-likeness (QED) is 0.844. The number of ether oxygens (including phenoxy) is 1. The van der Waals surface area contributed by atoms with Gasteiger partial charge in [0.1, 0.15) is 5.75 Å². The number of anilines is 1. The van der Waals surface area contributed by atoms with E-state index in [1.165, 1.54) is 0 Å². The van der Waals surface area contributed by atoms with E-state index in [9.17, 15) is 4.79 Å². The average Bonchev–Trinajstić information content (AvgIpc) is 2.54. The van der Waals surface area contributed by atoms with Gasteiger partial charge in [-0.25, -0.2) is 0 Å². The second kappa shape index (κ2) is 4.04. The van der Waals surface area contributed by atoms with Crippen LogP contribution in [0.15, 0.2) is 18.2 Å². The molecular formula is C12H15NO3. The number of carbonyl (C=O) groups is 1. The van der Waals surface area contributed by atoms with Crippen LogP contribution in [0.4, 0.5) is 5.69 Å². The van der Waals surface area contributed by atoms with E-state index in [4.69, 9.17) is 9.84 Å². The van der Waals surface area contributed by atoms with E-state index in [1.807, 2.05) is 25.2 Å². The van der Waals surface area contributed by atoms with Crippen molar-refractivity contribution in [3.63, 3.8) is 0 Å². The number of nitrogens with zero attached hydrogens (tertiary/aromatic N) is 1. The Labute approximate surface area is 94.4 Å². The predicted octanol–water partition coefficient (Wildman–Crippen LogP) is 1.70. The number of benzene rings is 1. The van der Waals surface area contributed by atoms with Crippen LogP contribution in [0.5, 0.6) is 5.75 Å². The molecule has 4 nitrogen and oxygen atoms in total. The van der Waals surface area contributed by atoms with Crippen molar-refractivity contribution in [3.05, 3.63) is 23.8 Å². The number of carboxylic acid groups (broad SMARTS) is 1. The number of rotatable bonds is 3. The van der Waals surface area contributed by atoms with Crippen molar-refractivity contribution < 1.29 is 14.6 Å². The third-order valence-electron chi connectivity index (χ3n) is 3.00. The first kappa shape index (κ1) is 10.8. The summed E-state index contributed by atoms with van der Waals surface area (Å²) in [5.74, 6) is 0.0890. The number of methoxy groups -OCH3 is 1. The molecule has 4 heteroatoms. The van der Waals surface area contributed by atoms with Gasteiger partial charge in [-0.15, -0.1) is 0 Å². The summed E-state index contributed by atoms with van der Waals surface area (Å²) in [6.07, 6.45) is 0.171. The molecule has 0 amide bonds. The molecule has 1 aromatic carbocycles. The number of fused-ring (bicyclic) bond motifs is 1. The summed E-state index contributed by atoms with van der Waals surface area (Å²) in [5, 5.41) is 8.86. The first-order chi connectivity index (χ1) is 7.61. The molecule has 0 fully saturated rings. The number of hydrogen-bond acceptors (Lipinski definition) is 3. The third-order valence-corrected chi connectivity index (χ3v) is 3.00. The normalized spacial score (nSPS) is 18.4. The topological polar surface area (TPSA) is 49.8 Å². The molecule has 0 spiro atoms. The fourth-order valence-corrected chi connectivity index (χ4v) is 2.25. The van der Waals surface area contributed by atoms with Gasteiger partial charge in [-0.05, 0) is 23.8 Å². The smallest absolute Gasteiger partial charge is 0.304 e. The molecule has 1 atom stereocenters. The standard InChI is InChI=1S/C12H15NO3/c1-13-7-8(5-12(14)15)10-6-9(16-2)3-4-11(10)13/h3-4,6,8H,5,7H2,1-2H3,(H,14,15). The maximum atomic E-state index is 10.8. The number of hydrogen-bond donors (Lipinski definition) is 1. The van der Waals surface area contributed by atoms with Gasteiger partial charge in [0.15, 0.2) is 0 Å². The summed E-state index contributed by atoms with van der Waals surface area (Å²) in [6.45, 7) is 0.759. The summed E-state index contributed by atoms with van der Waals surface area (Å²) < 4.78 is 5.16. The van der Waals surface area contributed by atoms with Crippen LogP contribution in [0, 0.1) is 0 Å². The lowest BCUT2D eigenvalue weighted by Crippen LogP contribution is -2.16. The predicted molar refractivity (Wildman–Crippen MR) is 61.3 cm³/mol. The zero-order chi connectivity index (χ0) is 11.7. The van der Waals surface area contributed by atoms with Crippen molar-refractivity contribution in [1.82, 2.24) is 0 Å². The van der Waals surface area contributed by atoms with Crippen LogP contribution in [0.1, 0.15) is 17.9 Å². The van der Waals surface area contributed by atoms with Gasteiger partial charge in [0, 0.05) is 25.2 Å². The van der Waals surface area contributed by atoms with Gasteiger partial charge >= 0.3 is 5.97 Å². The lowest BCUT2D eigenvalue weighted by atomic mass is 9.98. The molecule has 0 bridgehead atoms. The Bertz CT molecular complexity index is 417. The molecule has 1 heterocycles. The van der Waals surface area contributed by atoms with Crippen LogP contribution in [0.3, 0.4) is 0 Å². The van der Waals surface area contributed by atoms with Crippen molar-refractivity contribution in [2.45, 2.75) is 12.3 Å². The molecule has 86 valence electrons. The van der Waals surface area contributed by atoms with E-state index < -0.39 is 5.97 Å². The Hall–Kier alpha value is -1.71. The lowest BCUT2D eigenvalue weighted by molar-refractivity contribution is -0.137. The van der Waals surface area contributed by atoms with Crippen LogP contribution in [-0.2, 0) is 4.79 Å². The zero-order valence-electron chi connectivity index (χ0n) is 9.43. The summed E-state index contributed by atoms with van der Waals surface area (Å²) in [5.41, 5.74) is 2.18. The molecule has 0 aromatic heterocycles.